The van der Waals surface area contributed by atoms with E-state index in [1.807, 2.05) is 12.1 Å². The van der Waals surface area contributed by atoms with E-state index in [4.69, 9.17) is 4.98 Å². The van der Waals surface area contributed by atoms with Crippen LogP contribution in [0.5, 0.6) is 0 Å². The number of aromatic nitrogens is 4. The van der Waals surface area contributed by atoms with Gasteiger partial charge in [0.15, 0.2) is 0 Å². The summed E-state index contributed by atoms with van der Waals surface area (Å²) in [6.07, 6.45) is 6.33. The summed E-state index contributed by atoms with van der Waals surface area (Å²) in [5.74, 6) is 0.623. The van der Waals surface area contributed by atoms with Gasteiger partial charge < -0.3 is 9.55 Å². The molecule has 0 saturated carbocycles. The van der Waals surface area contributed by atoms with Gasteiger partial charge in [-0.15, -0.1) is 0 Å². The molecule has 1 aliphatic heterocycles. The highest BCUT2D eigenvalue weighted by Crippen LogP contribution is 2.20. The van der Waals surface area contributed by atoms with Gasteiger partial charge in [0.05, 0.1) is 11.3 Å². The Morgan fingerprint density at radius 1 is 1.23 bits per heavy atom. The average molecular weight is 349 g/mol. The van der Waals surface area contributed by atoms with Crippen molar-refractivity contribution in [1.29, 1.82) is 0 Å². The fraction of sp³-hybridized carbons (Fsp3) is 0.350. The third-order valence-electron chi connectivity index (χ3n) is 4.91. The van der Waals surface area contributed by atoms with Crippen LogP contribution in [0.2, 0.25) is 0 Å². The molecule has 0 aliphatic carbocycles. The van der Waals surface area contributed by atoms with Crippen molar-refractivity contribution in [1.82, 2.24) is 24.4 Å². The van der Waals surface area contributed by atoms with Crippen molar-refractivity contribution >= 4 is 0 Å². The van der Waals surface area contributed by atoms with Gasteiger partial charge in [-0.25, -0.2) is 4.98 Å². The largest absolute Gasteiger partial charge is 0.348 e. The standard InChI is InChI=1S/C20H23N5O/c1-14(2)25-10-3-4-16(25)12-24-11-7-18-17(13-24)20(26)23-19(22-18)15-5-8-21-9-6-15/h3-6,8-10,14H,7,11-13H2,1-2H3,(H,22,23,26). The van der Waals surface area contributed by atoms with Gasteiger partial charge in [-0.3, -0.25) is 14.7 Å². The number of rotatable bonds is 4. The molecule has 3 aromatic heterocycles. The summed E-state index contributed by atoms with van der Waals surface area (Å²) in [7, 11) is 0. The normalized spacial score (nSPS) is 14.6. The fourth-order valence-electron chi connectivity index (χ4n) is 3.56. The highest BCUT2D eigenvalue weighted by molar-refractivity contribution is 5.54. The smallest absolute Gasteiger partial charge is 0.255 e. The second kappa shape index (κ2) is 6.88. The van der Waals surface area contributed by atoms with Gasteiger partial charge in [-0.2, -0.15) is 0 Å². The zero-order valence-corrected chi connectivity index (χ0v) is 15.1. The van der Waals surface area contributed by atoms with Crippen molar-refractivity contribution in [2.75, 3.05) is 6.54 Å². The summed E-state index contributed by atoms with van der Waals surface area (Å²) in [4.78, 5) is 26.6. The molecular formula is C20H23N5O. The number of H-pyrrole nitrogens is 1. The van der Waals surface area contributed by atoms with Crippen LogP contribution in [-0.2, 0) is 19.5 Å². The second-order valence-corrected chi connectivity index (χ2v) is 7.04. The first kappa shape index (κ1) is 16.7. The third kappa shape index (κ3) is 3.20. The average Bonchev–Trinajstić information content (AvgIpc) is 3.11. The molecule has 0 bridgehead atoms. The molecule has 4 rings (SSSR count). The van der Waals surface area contributed by atoms with E-state index in [1.54, 1.807) is 12.4 Å². The van der Waals surface area contributed by atoms with Crippen LogP contribution in [0.25, 0.3) is 11.4 Å². The molecular weight excluding hydrogens is 326 g/mol. The topological polar surface area (TPSA) is 66.8 Å². The Kier molecular flexibility index (Phi) is 4.42. The molecule has 3 aromatic rings. The minimum atomic E-state index is -0.0363. The number of fused-ring (bicyclic) bond motifs is 1. The number of hydrogen-bond donors (Lipinski definition) is 1. The van der Waals surface area contributed by atoms with Crippen molar-refractivity contribution in [3.05, 3.63) is 70.2 Å². The van der Waals surface area contributed by atoms with Gasteiger partial charge in [0.2, 0.25) is 0 Å². The van der Waals surface area contributed by atoms with E-state index in [0.717, 1.165) is 36.3 Å². The molecule has 0 amide bonds. The quantitative estimate of drug-likeness (QED) is 0.786. The van der Waals surface area contributed by atoms with Crippen LogP contribution < -0.4 is 5.56 Å². The summed E-state index contributed by atoms with van der Waals surface area (Å²) in [5, 5.41) is 0. The van der Waals surface area contributed by atoms with E-state index in [-0.39, 0.29) is 5.56 Å². The van der Waals surface area contributed by atoms with E-state index in [9.17, 15) is 4.79 Å². The monoisotopic (exact) mass is 349 g/mol. The fourth-order valence-corrected chi connectivity index (χ4v) is 3.56. The van der Waals surface area contributed by atoms with Crippen LogP contribution in [0.4, 0.5) is 0 Å². The molecule has 26 heavy (non-hydrogen) atoms. The second-order valence-electron chi connectivity index (χ2n) is 7.04. The lowest BCUT2D eigenvalue weighted by Gasteiger charge is -2.28. The first-order valence-electron chi connectivity index (χ1n) is 9.02. The van der Waals surface area contributed by atoms with Crippen LogP contribution in [0, 0.1) is 0 Å². The molecule has 0 fully saturated rings. The van der Waals surface area contributed by atoms with Crippen LogP contribution in [0.1, 0.15) is 36.8 Å². The number of aromatic amines is 1. The Bertz CT molecular complexity index is 958. The lowest BCUT2D eigenvalue weighted by molar-refractivity contribution is 0.234. The van der Waals surface area contributed by atoms with Crippen LogP contribution in [-0.4, -0.2) is 31.0 Å². The SMILES string of the molecule is CC(C)n1cccc1CN1CCc2nc(-c3ccncc3)[nH]c(=O)c2C1. The van der Waals surface area contributed by atoms with E-state index < -0.39 is 0 Å². The minimum absolute atomic E-state index is 0.0363. The number of pyridine rings is 1. The summed E-state index contributed by atoms with van der Waals surface area (Å²) >= 11 is 0. The van der Waals surface area contributed by atoms with Crippen molar-refractivity contribution in [2.45, 2.75) is 39.4 Å². The minimum Gasteiger partial charge on any atom is -0.348 e. The van der Waals surface area contributed by atoms with Crippen molar-refractivity contribution in [3.8, 4) is 11.4 Å². The Hall–Kier alpha value is -2.73. The Labute approximate surface area is 152 Å². The summed E-state index contributed by atoms with van der Waals surface area (Å²) in [5.41, 5.74) is 3.83. The molecule has 0 saturated heterocycles. The van der Waals surface area contributed by atoms with Crippen molar-refractivity contribution < 1.29 is 0 Å². The van der Waals surface area contributed by atoms with E-state index in [1.165, 1.54) is 5.69 Å². The lowest BCUT2D eigenvalue weighted by atomic mass is 10.1. The van der Waals surface area contributed by atoms with Crippen LogP contribution in [0.3, 0.4) is 0 Å². The summed E-state index contributed by atoms with van der Waals surface area (Å²) in [6, 6.07) is 8.40. The molecule has 0 unspecified atom stereocenters. The molecule has 0 aromatic carbocycles. The van der Waals surface area contributed by atoms with Gasteiger partial charge in [0.25, 0.3) is 5.56 Å². The molecule has 0 radical (unpaired) electrons. The lowest BCUT2D eigenvalue weighted by Crippen LogP contribution is -2.36. The first-order valence-corrected chi connectivity index (χ1v) is 9.02. The summed E-state index contributed by atoms with van der Waals surface area (Å²) < 4.78 is 2.28. The van der Waals surface area contributed by atoms with Crippen molar-refractivity contribution in [3.63, 3.8) is 0 Å². The van der Waals surface area contributed by atoms with E-state index >= 15 is 0 Å². The molecule has 6 nitrogen and oxygen atoms in total. The van der Waals surface area contributed by atoms with Gasteiger partial charge in [-0.1, -0.05) is 0 Å². The van der Waals surface area contributed by atoms with Gasteiger partial charge in [-0.05, 0) is 38.1 Å². The molecule has 1 aliphatic rings. The Morgan fingerprint density at radius 2 is 2.04 bits per heavy atom. The molecule has 0 spiro atoms. The third-order valence-corrected chi connectivity index (χ3v) is 4.91. The highest BCUT2D eigenvalue weighted by atomic mass is 16.1. The van der Waals surface area contributed by atoms with Gasteiger partial charge in [0, 0.05) is 61.9 Å². The highest BCUT2D eigenvalue weighted by Gasteiger charge is 2.22. The summed E-state index contributed by atoms with van der Waals surface area (Å²) in [6.45, 7) is 6.75. The van der Waals surface area contributed by atoms with E-state index in [2.05, 4.69) is 51.6 Å². The maximum absolute atomic E-state index is 12.6. The molecule has 134 valence electrons. The van der Waals surface area contributed by atoms with Crippen molar-refractivity contribution in [2.24, 2.45) is 0 Å². The van der Waals surface area contributed by atoms with E-state index in [0.29, 0.717) is 18.4 Å². The molecule has 4 heterocycles. The van der Waals surface area contributed by atoms with Gasteiger partial charge >= 0.3 is 0 Å². The number of nitrogens with zero attached hydrogens (tertiary/aromatic N) is 4. The zero-order chi connectivity index (χ0) is 18.1. The molecule has 0 atom stereocenters. The predicted molar refractivity (Wildman–Crippen MR) is 101 cm³/mol. The molecule has 6 heteroatoms. The zero-order valence-electron chi connectivity index (χ0n) is 15.1. The maximum Gasteiger partial charge on any atom is 0.255 e. The number of hydrogen-bond acceptors (Lipinski definition) is 4. The van der Waals surface area contributed by atoms with Crippen LogP contribution >= 0.6 is 0 Å². The Morgan fingerprint density at radius 3 is 2.81 bits per heavy atom. The van der Waals surface area contributed by atoms with Gasteiger partial charge in [0.1, 0.15) is 5.82 Å². The molecule has 1 N–H and O–H groups in total. The van der Waals surface area contributed by atoms with Crippen LogP contribution in [0.15, 0.2) is 47.7 Å². The maximum atomic E-state index is 12.6. The Balaban J connectivity index is 1.58. The number of nitrogens with one attached hydrogen (secondary N) is 1. The first-order chi connectivity index (χ1) is 12.6. The predicted octanol–water partition coefficient (Wildman–Crippen LogP) is 2.77.